The third kappa shape index (κ3) is 2.95. The van der Waals surface area contributed by atoms with E-state index in [0.29, 0.717) is 12.4 Å². The topological polar surface area (TPSA) is 66.5 Å². The molecule has 3 aromatic rings. The lowest BCUT2D eigenvalue weighted by atomic mass is 10.1. The fraction of sp³-hybridized carbons (Fsp3) is 0.0714. The Morgan fingerprint density at radius 3 is 2.80 bits per heavy atom. The number of hydrogen-bond donors (Lipinski definition) is 2. The summed E-state index contributed by atoms with van der Waals surface area (Å²) >= 11 is 5.96. The van der Waals surface area contributed by atoms with Crippen molar-refractivity contribution < 1.29 is 0 Å². The van der Waals surface area contributed by atoms with Gasteiger partial charge in [0.1, 0.15) is 0 Å². The zero-order valence-corrected chi connectivity index (χ0v) is 11.3. The molecule has 2 N–H and O–H groups in total. The van der Waals surface area contributed by atoms with Gasteiger partial charge < -0.3 is 5.32 Å². The second-order valence-corrected chi connectivity index (χ2v) is 4.74. The molecular weight excluding hydrogens is 274 g/mol. The SMILES string of the molecule is Clc1cccc(CNc2cccc(-c3nn[nH]n3)c2)c1. The van der Waals surface area contributed by atoms with E-state index in [1.54, 1.807) is 0 Å². The second-order valence-electron chi connectivity index (χ2n) is 4.30. The van der Waals surface area contributed by atoms with Gasteiger partial charge in [0.15, 0.2) is 0 Å². The molecule has 0 saturated carbocycles. The van der Waals surface area contributed by atoms with Crippen molar-refractivity contribution in [1.82, 2.24) is 20.6 Å². The molecular formula is C14H12ClN5. The second kappa shape index (κ2) is 5.71. The smallest absolute Gasteiger partial charge is 0.204 e. The molecule has 0 radical (unpaired) electrons. The zero-order valence-electron chi connectivity index (χ0n) is 10.5. The summed E-state index contributed by atoms with van der Waals surface area (Å²) in [5.41, 5.74) is 3.03. The number of aromatic amines is 1. The van der Waals surface area contributed by atoms with Gasteiger partial charge in [-0.1, -0.05) is 35.9 Å². The molecule has 1 aromatic heterocycles. The van der Waals surface area contributed by atoms with Gasteiger partial charge in [-0.3, -0.25) is 0 Å². The van der Waals surface area contributed by atoms with Crippen molar-refractivity contribution in [3.05, 3.63) is 59.1 Å². The van der Waals surface area contributed by atoms with Gasteiger partial charge >= 0.3 is 0 Å². The minimum Gasteiger partial charge on any atom is -0.381 e. The molecule has 6 heteroatoms. The van der Waals surface area contributed by atoms with Crippen LogP contribution in [0.1, 0.15) is 5.56 Å². The van der Waals surface area contributed by atoms with E-state index in [0.717, 1.165) is 21.8 Å². The van der Waals surface area contributed by atoms with E-state index in [4.69, 9.17) is 11.6 Å². The third-order valence-electron chi connectivity index (χ3n) is 2.85. The summed E-state index contributed by atoms with van der Waals surface area (Å²) in [6.45, 7) is 0.705. The van der Waals surface area contributed by atoms with Gasteiger partial charge in [-0.05, 0) is 35.0 Å². The fourth-order valence-corrected chi connectivity index (χ4v) is 2.12. The van der Waals surface area contributed by atoms with Crippen LogP contribution in [0.3, 0.4) is 0 Å². The Bertz CT molecular complexity index is 696. The largest absolute Gasteiger partial charge is 0.381 e. The van der Waals surface area contributed by atoms with E-state index in [9.17, 15) is 0 Å². The molecule has 0 amide bonds. The molecule has 100 valence electrons. The lowest BCUT2D eigenvalue weighted by Crippen LogP contribution is -1.99. The molecule has 5 nitrogen and oxygen atoms in total. The summed E-state index contributed by atoms with van der Waals surface area (Å²) in [6, 6.07) is 15.6. The normalized spacial score (nSPS) is 10.4. The summed E-state index contributed by atoms with van der Waals surface area (Å²) in [6.07, 6.45) is 0. The number of rotatable bonds is 4. The van der Waals surface area contributed by atoms with Crippen molar-refractivity contribution in [2.75, 3.05) is 5.32 Å². The Labute approximate surface area is 121 Å². The van der Waals surface area contributed by atoms with Crippen molar-refractivity contribution in [3.8, 4) is 11.4 Å². The monoisotopic (exact) mass is 285 g/mol. The lowest BCUT2D eigenvalue weighted by Gasteiger charge is -2.07. The van der Waals surface area contributed by atoms with Crippen LogP contribution >= 0.6 is 11.6 Å². The highest BCUT2D eigenvalue weighted by molar-refractivity contribution is 6.30. The van der Waals surface area contributed by atoms with E-state index < -0.39 is 0 Å². The van der Waals surface area contributed by atoms with Crippen molar-refractivity contribution >= 4 is 17.3 Å². The maximum absolute atomic E-state index is 5.96. The highest BCUT2D eigenvalue weighted by atomic mass is 35.5. The molecule has 1 heterocycles. The molecule has 0 aliphatic heterocycles. The number of nitrogens with zero attached hydrogens (tertiary/aromatic N) is 3. The average Bonchev–Trinajstić information content (AvgIpc) is 3.00. The van der Waals surface area contributed by atoms with Crippen molar-refractivity contribution in [2.24, 2.45) is 0 Å². The molecule has 3 rings (SSSR count). The van der Waals surface area contributed by atoms with Crippen LogP contribution < -0.4 is 5.32 Å². The van der Waals surface area contributed by atoms with Crippen LogP contribution in [-0.4, -0.2) is 20.6 Å². The van der Waals surface area contributed by atoms with Gasteiger partial charge in [-0.15, -0.1) is 10.2 Å². The Morgan fingerprint density at radius 1 is 1.10 bits per heavy atom. The maximum Gasteiger partial charge on any atom is 0.204 e. The number of H-pyrrole nitrogens is 1. The highest BCUT2D eigenvalue weighted by Crippen LogP contribution is 2.19. The first-order chi connectivity index (χ1) is 9.81. The predicted molar refractivity (Wildman–Crippen MR) is 78.4 cm³/mol. The molecule has 20 heavy (non-hydrogen) atoms. The zero-order chi connectivity index (χ0) is 13.8. The van der Waals surface area contributed by atoms with Crippen LogP contribution in [0.2, 0.25) is 5.02 Å². The lowest BCUT2D eigenvalue weighted by molar-refractivity contribution is 0.881. The Balaban J connectivity index is 1.73. The maximum atomic E-state index is 5.96. The summed E-state index contributed by atoms with van der Waals surface area (Å²) in [5, 5.41) is 18.0. The predicted octanol–water partition coefficient (Wildman–Crippen LogP) is 3.13. The van der Waals surface area contributed by atoms with Gasteiger partial charge in [0.2, 0.25) is 5.82 Å². The quantitative estimate of drug-likeness (QED) is 0.773. The van der Waals surface area contributed by atoms with Crippen LogP contribution in [0.25, 0.3) is 11.4 Å². The minimum atomic E-state index is 0.580. The number of halogens is 1. The Kier molecular flexibility index (Phi) is 3.60. The van der Waals surface area contributed by atoms with E-state index in [2.05, 4.69) is 25.9 Å². The number of aromatic nitrogens is 4. The first-order valence-electron chi connectivity index (χ1n) is 6.13. The van der Waals surface area contributed by atoms with Gasteiger partial charge in [0.05, 0.1) is 0 Å². The van der Waals surface area contributed by atoms with E-state index >= 15 is 0 Å². The van der Waals surface area contributed by atoms with Crippen LogP contribution in [-0.2, 0) is 6.54 Å². The van der Waals surface area contributed by atoms with Crippen molar-refractivity contribution in [1.29, 1.82) is 0 Å². The first-order valence-corrected chi connectivity index (χ1v) is 6.51. The number of hydrogen-bond acceptors (Lipinski definition) is 4. The van der Waals surface area contributed by atoms with E-state index in [-0.39, 0.29) is 0 Å². The van der Waals surface area contributed by atoms with Crippen molar-refractivity contribution in [2.45, 2.75) is 6.54 Å². The standard InChI is InChI=1S/C14H12ClN5/c15-12-5-1-3-10(7-12)9-16-13-6-2-4-11(8-13)14-17-19-20-18-14/h1-8,16H,9H2,(H,17,18,19,20). The van der Waals surface area contributed by atoms with E-state index in [1.807, 2.05) is 48.5 Å². The molecule has 0 atom stereocenters. The van der Waals surface area contributed by atoms with Crippen LogP contribution in [0.4, 0.5) is 5.69 Å². The molecule has 0 fully saturated rings. The summed E-state index contributed by atoms with van der Waals surface area (Å²) in [4.78, 5) is 0. The Morgan fingerprint density at radius 2 is 2.00 bits per heavy atom. The van der Waals surface area contributed by atoms with Crippen LogP contribution in [0.15, 0.2) is 48.5 Å². The average molecular weight is 286 g/mol. The third-order valence-corrected chi connectivity index (χ3v) is 3.09. The Hall–Kier alpha value is -2.40. The number of nitrogens with one attached hydrogen (secondary N) is 2. The van der Waals surface area contributed by atoms with Gasteiger partial charge in [0.25, 0.3) is 0 Å². The first kappa shape index (κ1) is 12.6. The molecule has 0 bridgehead atoms. The highest BCUT2D eigenvalue weighted by Gasteiger charge is 2.03. The van der Waals surface area contributed by atoms with Crippen LogP contribution in [0.5, 0.6) is 0 Å². The molecule has 0 saturated heterocycles. The number of benzene rings is 2. The summed E-state index contributed by atoms with van der Waals surface area (Å²) < 4.78 is 0. The number of tetrazole rings is 1. The molecule has 0 aliphatic carbocycles. The fourth-order valence-electron chi connectivity index (χ4n) is 1.90. The van der Waals surface area contributed by atoms with Gasteiger partial charge in [-0.2, -0.15) is 5.21 Å². The van der Waals surface area contributed by atoms with Crippen molar-refractivity contribution in [3.63, 3.8) is 0 Å². The number of anilines is 1. The molecule has 0 unspecified atom stereocenters. The van der Waals surface area contributed by atoms with Gasteiger partial charge in [-0.25, -0.2) is 0 Å². The van der Waals surface area contributed by atoms with Crippen LogP contribution in [0, 0.1) is 0 Å². The van der Waals surface area contributed by atoms with E-state index in [1.165, 1.54) is 0 Å². The summed E-state index contributed by atoms with van der Waals surface area (Å²) in [5.74, 6) is 0.580. The minimum absolute atomic E-state index is 0.580. The molecule has 0 spiro atoms. The molecule has 2 aromatic carbocycles. The molecule has 0 aliphatic rings. The van der Waals surface area contributed by atoms with Gasteiger partial charge in [0, 0.05) is 22.8 Å². The summed E-state index contributed by atoms with van der Waals surface area (Å²) in [7, 11) is 0.